The molecule has 0 aliphatic rings. The van der Waals surface area contributed by atoms with Gasteiger partial charge in [-0.15, -0.1) is 11.8 Å². The van der Waals surface area contributed by atoms with Gasteiger partial charge in [0, 0.05) is 16.2 Å². The van der Waals surface area contributed by atoms with Crippen LogP contribution < -0.4 is 0 Å². The summed E-state index contributed by atoms with van der Waals surface area (Å²) in [5.74, 6) is 0.0539. The number of rotatable bonds is 5. The predicted octanol–water partition coefficient (Wildman–Crippen LogP) is 3.20. The molecule has 1 N–H and O–H groups in total. The summed E-state index contributed by atoms with van der Waals surface area (Å²) in [5.41, 5.74) is 1.97. The van der Waals surface area contributed by atoms with Crippen LogP contribution in [0.1, 0.15) is 11.1 Å². The Labute approximate surface area is 103 Å². The number of thioether (sulfide) groups is 1. The molecule has 0 saturated carbocycles. The fourth-order valence-corrected chi connectivity index (χ4v) is 2.25. The lowest BCUT2D eigenvalue weighted by Gasteiger charge is -2.01. The van der Waals surface area contributed by atoms with E-state index >= 15 is 0 Å². The van der Waals surface area contributed by atoms with Crippen molar-refractivity contribution >= 4 is 17.7 Å². The van der Waals surface area contributed by atoms with E-state index in [9.17, 15) is 4.79 Å². The number of hydrogen-bond acceptors (Lipinski definition) is 3. The fourth-order valence-electron chi connectivity index (χ4n) is 1.42. The molecule has 1 aromatic heterocycles. The molecular formula is C13H12O3S. The van der Waals surface area contributed by atoms with Crippen LogP contribution in [0.25, 0.3) is 0 Å². The molecule has 0 unspecified atom stereocenters. The van der Waals surface area contributed by atoms with E-state index in [2.05, 4.69) is 0 Å². The van der Waals surface area contributed by atoms with Gasteiger partial charge < -0.3 is 9.52 Å². The van der Waals surface area contributed by atoms with Crippen LogP contribution in [-0.4, -0.2) is 11.1 Å². The molecule has 17 heavy (non-hydrogen) atoms. The van der Waals surface area contributed by atoms with Gasteiger partial charge in [0.25, 0.3) is 0 Å². The summed E-state index contributed by atoms with van der Waals surface area (Å²) >= 11 is 1.70. The van der Waals surface area contributed by atoms with Gasteiger partial charge in [0.2, 0.25) is 0 Å². The van der Waals surface area contributed by atoms with Crippen LogP contribution in [0.5, 0.6) is 0 Å². The van der Waals surface area contributed by atoms with E-state index in [1.54, 1.807) is 24.3 Å². The van der Waals surface area contributed by atoms with E-state index in [1.807, 2.05) is 30.3 Å². The highest BCUT2D eigenvalue weighted by molar-refractivity contribution is 7.98. The number of carboxylic acid groups (broad SMARTS) is 1. The van der Waals surface area contributed by atoms with Gasteiger partial charge in [0.1, 0.15) is 0 Å². The number of aliphatic carboxylic acids is 1. The summed E-state index contributed by atoms with van der Waals surface area (Å²) in [4.78, 5) is 11.6. The Hall–Kier alpha value is -1.68. The van der Waals surface area contributed by atoms with Crippen LogP contribution in [0.15, 0.2) is 52.2 Å². The van der Waals surface area contributed by atoms with Gasteiger partial charge in [-0.25, -0.2) is 0 Å². The second-order valence-corrected chi connectivity index (χ2v) is 4.68. The summed E-state index contributed by atoms with van der Waals surface area (Å²) in [7, 11) is 0. The molecule has 88 valence electrons. The highest BCUT2D eigenvalue weighted by atomic mass is 32.2. The lowest BCUT2D eigenvalue weighted by atomic mass is 10.2. The molecule has 1 aromatic carbocycles. The number of benzene rings is 1. The van der Waals surface area contributed by atoms with Gasteiger partial charge in [0.05, 0.1) is 18.9 Å². The van der Waals surface area contributed by atoms with Gasteiger partial charge >= 0.3 is 5.97 Å². The SMILES string of the molecule is O=C(O)Cc1ccc(SCc2ccoc2)cc1. The summed E-state index contributed by atoms with van der Waals surface area (Å²) in [5, 5.41) is 8.65. The lowest BCUT2D eigenvalue weighted by molar-refractivity contribution is -0.136. The van der Waals surface area contributed by atoms with E-state index < -0.39 is 5.97 Å². The van der Waals surface area contributed by atoms with Crippen molar-refractivity contribution in [3.05, 3.63) is 54.0 Å². The third kappa shape index (κ3) is 3.67. The second kappa shape index (κ2) is 5.59. The highest BCUT2D eigenvalue weighted by Crippen LogP contribution is 2.23. The molecule has 2 aromatic rings. The Bertz CT molecular complexity index is 474. The van der Waals surface area contributed by atoms with E-state index in [0.717, 1.165) is 21.8 Å². The number of furan rings is 1. The van der Waals surface area contributed by atoms with Crippen LogP contribution in [-0.2, 0) is 17.0 Å². The summed E-state index contributed by atoms with van der Waals surface area (Å²) < 4.78 is 4.99. The maximum Gasteiger partial charge on any atom is 0.307 e. The first kappa shape index (κ1) is 11.8. The predicted molar refractivity (Wildman–Crippen MR) is 66.1 cm³/mol. The maximum absolute atomic E-state index is 10.5. The van der Waals surface area contributed by atoms with Gasteiger partial charge in [0.15, 0.2) is 0 Å². The third-order valence-electron chi connectivity index (χ3n) is 2.26. The van der Waals surface area contributed by atoms with Gasteiger partial charge in [-0.1, -0.05) is 12.1 Å². The van der Waals surface area contributed by atoms with E-state index in [0.29, 0.717) is 0 Å². The van der Waals surface area contributed by atoms with Crippen molar-refractivity contribution < 1.29 is 14.3 Å². The normalized spacial score (nSPS) is 10.4. The van der Waals surface area contributed by atoms with Crippen LogP contribution in [0.3, 0.4) is 0 Å². The van der Waals surface area contributed by atoms with Crippen molar-refractivity contribution in [3.63, 3.8) is 0 Å². The number of carbonyl (C=O) groups is 1. The first-order valence-corrected chi connectivity index (χ1v) is 6.17. The minimum atomic E-state index is -0.802. The Balaban J connectivity index is 1.91. The summed E-state index contributed by atoms with van der Waals surface area (Å²) in [6, 6.07) is 9.54. The van der Waals surface area contributed by atoms with E-state index in [1.165, 1.54) is 0 Å². The van der Waals surface area contributed by atoms with E-state index in [-0.39, 0.29) is 6.42 Å². The molecule has 0 aliphatic heterocycles. The van der Waals surface area contributed by atoms with Crippen LogP contribution >= 0.6 is 11.8 Å². The summed E-state index contributed by atoms with van der Waals surface area (Å²) in [6.07, 6.45) is 3.46. The molecule has 0 aliphatic carbocycles. The Morgan fingerprint density at radius 3 is 2.53 bits per heavy atom. The molecule has 0 bridgehead atoms. The Kier molecular flexibility index (Phi) is 3.88. The van der Waals surface area contributed by atoms with Crippen molar-refractivity contribution in [2.45, 2.75) is 17.1 Å². The second-order valence-electron chi connectivity index (χ2n) is 3.63. The molecule has 0 saturated heterocycles. The monoisotopic (exact) mass is 248 g/mol. The van der Waals surface area contributed by atoms with Gasteiger partial charge in [-0.3, -0.25) is 4.79 Å². The van der Waals surface area contributed by atoms with Crippen molar-refractivity contribution in [2.24, 2.45) is 0 Å². The van der Waals surface area contributed by atoms with Crippen LogP contribution in [0, 0.1) is 0 Å². The smallest absolute Gasteiger partial charge is 0.307 e. The largest absolute Gasteiger partial charge is 0.481 e. The maximum atomic E-state index is 10.5. The van der Waals surface area contributed by atoms with Crippen molar-refractivity contribution in [3.8, 4) is 0 Å². The zero-order valence-electron chi connectivity index (χ0n) is 9.13. The molecule has 0 atom stereocenters. The van der Waals surface area contributed by atoms with Crippen LogP contribution in [0.4, 0.5) is 0 Å². The number of carboxylic acids is 1. The lowest BCUT2D eigenvalue weighted by Crippen LogP contribution is -1.99. The first-order chi connectivity index (χ1) is 8.24. The molecule has 1 heterocycles. The average Bonchev–Trinajstić information content (AvgIpc) is 2.80. The molecule has 0 spiro atoms. The highest BCUT2D eigenvalue weighted by Gasteiger charge is 2.01. The topological polar surface area (TPSA) is 50.4 Å². The number of hydrogen-bond donors (Lipinski definition) is 1. The molecule has 0 amide bonds. The zero-order valence-corrected chi connectivity index (χ0v) is 9.94. The fraction of sp³-hybridized carbons (Fsp3) is 0.154. The summed E-state index contributed by atoms with van der Waals surface area (Å²) in [6.45, 7) is 0. The minimum absolute atomic E-state index is 0.0761. The molecule has 0 radical (unpaired) electrons. The van der Waals surface area contributed by atoms with Crippen molar-refractivity contribution in [2.75, 3.05) is 0 Å². The van der Waals surface area contributed by atoms with Gasteiger partial charge in [-0.05, 0) is 23.8 Å². The standard InChI is InChI=1S/C13H12O3S/c14-13(15)7-10-1-3-12(4-2-10)17-9-11-5-6-16-8-11/h1-6,8H,7,9H2,(H,14,15). The third-order valence-corrected chi connectivity index (χ3v) is 3.35. The van der Waals surface area contributed by atoms with E-state index in [4.69, 9.17) is 9.52 Å². The van der Waals surface area contributed by atoms with Gasteiger partial charge in [-0.2, -0.15) is 0 Å². The molecule has 0 fully saturated rings. The first-order valence-electron chi connectivity index (χ1n) is 5.18. The average molecular weight is 248 g/mol. The molecule has 3 nitrogen and oxygen atoms in total. The molecular weight excluding hydrogens is 236 g/mol. The quantitative estimate of drug-likeness (QED) is 0.825. The Morgan fingerprint density at radius 1 is 1.18 bits per heavy atom. The minimum Gasteiger partial charge on any atom is -0.481 e. The van der Waals surface area contributed by atoms with Crippen molar-refractivity contribution in [1.82, 2.24) is 0 Å². The Morgan fingerprint density at radius 2 is 1.94 bits per heavy atom. The van der Waals surface area contributed by atoms with Crippen LogP contribution in [0.2, 0.25) is 0 Å². The molecule has 2 rings (SSSR count). The van der Waals surface area contributed by atoms with Crippen molar-refractivity contribution in [1.29, 1.82) is 0 Å². The zero-order chi connectivity index (χ0) is 12.1. The molecule has 4 heteroatoms.